The lowest BCUT2D eigenvalue weighted by molar-refractivity contribution is 0.342. The summed E-state index contributed by atoms with van der Waals surface area (Å²) in [5.74, 6) is -0.426. The van der Waals surface area contributed by atoms with Crippen molar-refractivity contribution in [2.45, 2.75) is 0 Å². The Morgan fingerprint density at radius 3 is 3.07 bits per heavy atom. The van der Waals surface area contributed by atoms with Crippen LogP contribution >= 0.6 is 0 Å². The Balaban J connectivity index is 2.51. The van der Waals surface area contributed by atoms with Gasteiger partial charge in [0.25, 0.3) is 0 Å². The zero-order chi connectivity index (χ0) is 10.7. The molecule has 3 heteroatoms. The van der Waals surface area contributed by atoms with Gasteiger partial charge >= 0.3 is 0 Å². The number of aromatic nitrogens is 1. The van der Waals surface area contributed by atoms with Crippen LogP contribution in [0, 0.1) is 0 Å². The van der Waals surface area contributed by atoms with Crippen LogP contribution in [0.5, 0.6) is 0 Å². The number of pyridine rings is 1. The molecule has 76 valence electrons. The summed E-state index contributed by atoms with van der Waals surface area (Å²) in [6, 6.07) is 8.90. The lowest BCUT2D eigenvalue weighted by Gasteiger charge is -2.00. The predicted molar refractivity (Wildman–Crippen MR) is 57.9 cm³/mol. The molecule has 0 radical (unpaired) electrons. The van der Waals surface area contributed by atoms with E-state index < -0.39 is 5.83 Å². The fourth-order valence-electron chi connectivity index (χ4n) is 1.41. The van der Waals surface area contributed by atoms with Crippen molar-refractivity contribution >= 4 is 16.7 Å². The number of nitrogens with zero attached hydrogens (tertiary/aromatic N) is 1. The van der Waals surface area contributed by atoms with Gasteiger partial charge in [-0.1, -0.05) is 18.2 Å². The van der Waals surface area contributed by atoms with Gasteiger partial charge in [0.1, 0.15) is 5.83 Å². The number of rotatable bonds is 2. The molecule has 1 aromatic carbocycles. The molecule has 0 saturated carbocycles. The van der Waals surface area contributed by atoms with Crippen LogP contribution in [0.25, 0.3) is 16.7 Å². The number of halogens is 1. The van der Waals surface area contributed by atoms with Crippen molar-refractivity contribution in [3.8, 4) is 0 Å². The lowest BCUT2D eigenvalue weighted by Crippen LogP contribution is -1.83. The maximum Gasteiger partial charge on any atom is 0.128 e. The monoisotopic (exact) mass is 203 g/mol. The van der Waals surface area contributed by atoms with E-state index in [4.69, 9.17) is 5.11 Å². The molecule has 0 atom stereocenters. The molecule has 0 unspecified atom stereocenters. The minimum absolute atomic E-state index is 0.300. The molecule has 0 aliphatic heterocycles. The van der Waals surface area contributed by atoms with Gasteiger partial charge in [-0.25, -0.2) is 4.39 Å². The molecule has 0 amide bonds. The van der Waals surface area contributed by atoms with Crippen LogP contribution < -0.4 is 0 Å². The van der Waals surface area contributed by atoms with Gasteiger partial charge in [-0.3, -0.25) is 4.98 Å². The van der Waals surface area contributed by atoms with Gasteiger partial charge in [0.2, 0.25) is 0 Å². The summed E-state index contributed by atoms with van der Waals surface area (Å²) in [6.45, 7) is -0.300. The fourth-order valence-corrected chi connectivity index (χ4v) is 1.41. The molecule has 2 aromatic rings. The van der Waals surface area contributed by atoms with E-state index in [1.165, 1.54) is 0 Å². The number of hydrogen-bond donors (Lipinski definition) is 1. The Morgan fingerprint density at radius 1 is 1.40 bits per heavy atom. The van der Waals surface area contributed by atoms with E-state index in [2.05, 4.69) is 4.98 Å². The van der Waals surface area contributed by atoms with E-state index in [0.29, 0.717) is 5.56 Å². The van der Waals surface area contributed by atoms with Crippen molar-refractivity contribution in [3.63, 3.8) is 0 Å². The Labute approximate surface area is 86.7 Å². The largest absolute Gasteiger partial charge is 0.392 e. The molecule has 2 nitrogen and oxygen atoms in total. The van der Waals surface area contributed by atoms with Crippen molar-refractivity contribution in [2.75, 3.05) is 6.61 Å². The third-order valence-electron chi connectivity index (χ3n) is 2.15. The van der Waals surface area contributed by atoms with E-state index in [0.717, 1.165) is 17.0 Å². The van der Waals surface area contributed by atoms with Gasteiger partial charge in [-0.2, -0.15) is 0 Å². The fraction of sp³-hybridized carbons (Fsp3) is 0.0833. The van der Waals surface area contributed by atoms with Gasteiger partial charge in [-0.15, -0.1) is 0 Å². The van der Waals surface area contributed by atoms with Gasteiger partial charge in [0.15, 0.2) is 0 Å². The molecule has 0 aliphatic carbocycles. The van der Waals surface area contributed by atoms with E-state index in [9.17, 15) is 4.39 Å². The number of aliphatic hydroxyl groups is 1. The summed E-state index contributed by atoms with van der Waals surface area (Å²) in [5.41, 5.74) is 1.19. The summed E-state index contributed by atoms with van der Waals surface area (Å²) >= 11 is 0. The van der Waals surface area contributed by atoms with E-state index >= 15 is 0 Å². The summed E-state index contributed by atoms with van der Waals surface area (Å²) < 4.78 is 13.3. The summed E-state index contributed by atoms with van der Waals surface area (Å²) in [4.78, 5) is 4.13. The maximum absolute atomic E-state index is 13.3. The smallest absolute Gasteiger partial charge is 0.128 e. The first kappa shape index (κ1) is 9.80. The normalized spacial score (nSPS) is 12.0. The highest BCUT2D eigenvalue weighted by Crippen LogP contribution is 2.20. The number of hydrogen-bond acceptors (Lipinski definition) is 2. The van der Waals surface area contributed by atoms with E-state index in [1.54, 1.807) is 18.3 Å². The molecular weight excluding hydrogens is 193 g/mol. The molecule has 15 heavy (non-hydrogen) atoms. The highest BCUT2D eigenvalue weighted by Gasteiger charge is 2.01. The minimum atomic E-state index is -0.426. The SMILES string of the molecule is OCC=C(F)c1ccc2cccnc2c1. The highest BCUT2D eigenvalue weighted by atomic mass is 19.1. The van der Waals surface area contributed by atoms with Crippen LogP contribution in [-0.4, -0.2) is 16.7 Å². The van der Waals surface area contributed by atoms with Gasteiger partial charge in [0, 0.05) is 17.1 Å². The third kappa shape index (κ3) is 2.02. The van der Waals surface area contributed by atoms with Crippen molar-refractivity contribution < 1.29 is 9.50 Å². The zero-order valence-electron chi connectivity index (χ0n) is 8.02. The van der Waals surface area contributed by atoms with E-state index in [-0.39, 0.29) is 6.61 Å². The molecule has 2 rings (SSSR count). The molecule has 0 spiro atoms. The first-order valence-corrected chi connectivity index (χ1v) is 4.63. The van der Waals surface area contributed by atoms with Crippen molar-refractivity contribution in [2.24, 2.45) is 0 Å². The molecule has 1 N–H and O–H groups in total. The van der Waals surface area contributed by atoms with E-state index in [1.807, 2.05) is 18.2 Å². The zero-order valence-corrected chi connectivity index (χ0v) is 8.02. The molecule has 0 fully saturated rings. The third-order valence-corrected chi connectivity index (χ3v) is 2.15. The molecule has 1 aromatic heterocycles. The van der Waals surface area contributed by atoms with Crippen LogP contribution in [0.3, 0.4) is 0 Å². The van der Waals surface area contributed by atoms with Crippen molar-refractivity contribution in [1.29, 1.82) is 0 Å². The molecule has 1 heterocycles. The summed E-state index contributed by atoms with van der Waals surface area (Å²) in [6.07, 6.45) is 2.80. The number of benzene rings is 1. The second-order valence-electron chi connectivity index (χ2n) is 3.15. The summed E-state index contributed by atoms with van der Waals surface area (Å²) in [7, 11) is 0. The number of fused-ring (bicyclic) bond motifs is 1. The first-order valence-electron chi connectivity index (χ1n) is 4.63. The Hall–Kier alpha value is -1.74. The van der Waals surface area contributed by atoms with Crippen LogP contribution in [0.2, 0.25) is 0 Å². The van der Waals surface area contributed by atoms with Crippen LogP contribution in [0.15, 0.2) is 42.6 Å². The second-order valence-corrected chi connectivity index (χ2v) is 3.15. The molecule has 0 aliphatic rings. The number of aliphatic hydroxyl groups excluding tert-OH is 1. The van der Waals surface area contributed by atoms with Gasteiger partial charge in [-0.05, 0) is 18.2 Å². The minimum Gasteiger partial charge on any atom is -0.392 e. The maximum atomic E-state index is 13.3. The lowest BCUT2D eigenvalue weighted by atomic mass is 10.1. The van der Waals surface area contributed by atoms with Crippen LogP contribution in [0.1, 0.15) is 5.56 Å². The Kier molecular flexibility index (Phi) is 2.74. The Morgan fingerprint density at radius 2 is 2.27 bits per heavy atom. The molecule has 0 bridgehead atoms. The standard InChI is InChI=1S/C12H10FNO/c13-11(5-7-15)10-4-3-9-2-1-6-14-12(9)8-10/h1-6,8,15H,7H2. The van der Waals surface area contributed by atoms with Crippen molar-refractivity contribution in [1.82, 2.24) is 4.98 Å². The first-order chi connectivity index (χ1) is 7.31. The van der Waals surface area contributed by atoms with Gasteiger partial charge < -0.3 is 5.11 Å². The molecular formula is C12H10FNO. The Bertz CT molecular complexity index is 508. The summed E-state index contributed by atoms with van der Waals surface area (Å²) in [5, 5.41) is 9.55. The molecule has 0 saturated heterocycles. The highest BCUT2D eigenvalue weighted by molar-refractivity contribution is 5.81. The average Bonchev–Trinajstić information content (AvgIpc) is 2.29. The van der Waals surface area contributed by atoms with Gasteiger partial charge in [0.05, 0.1) is 12.1 Å². The van der Waals surface area contributed by atoms with Crippen LogP contribution in [-0.2, 0) is 0 Å². The quantitative estimate of drug-likeness (QED) is 0.813. The van der Waals surface area contributed by atoms with Crippen molar-refractivity contribution in [3.05, 3.63) is 48.2 Å². The van der Waals surface area contributed by atoms with Crippen LogP contribution in [0.4, 0.5) is 4.39 Å². The average molecular weight is 203 g/mol. The second kappa shape index (κ2) is 4.19. The topological polar surface area (TPSA) is 33.1 Å². The predicted octanol–water partition coefficient (Wildman–Crippen LogP) is 2.54.